The molecule has 1 heterocycles. The molecule has 98 valence electrons. The highest BCUT2D eigenvalue weighted by Gasteiger charge is 2.46. The van der Waals surface area contributed by atoms with Gasteiger partial charge in [0.1, 0.15) is 0 Å². The van der Waals surface area contributed by atoms with Crippen LogP contribution in [0.2, 0.25) is 0 Å². The van der Waals surface area contributed by atoms with E-state index in [2.05, 4.69) is 0 Å². The fourth-order valence-corrected chi connectivity index (χ4v) is 2.83. The summed E-state index contributed by atoms with van der Waals surface area (Å²) in [6.45, 7) is 0.352. The number of imide groups is 1. The van der Waals surface area contributed by atoms with Gasteiger partial charge in [-0.05, 0) is 30.5 Å². The molecule has 1 aliphatic heterocycles. The van der Waals surface area contributed by atoms with Crippen molar-refractivity contribution in [2.45, 2.75) is 19.4 Å². The second-order valence-corrected chi connectivity index (χ2v) is 5.16. The van der Waals surface area contributed by atoms with Crippen molar-refractivity contribution >= 4 is 17.5 Å². The Morgan fingerprint density at radius 1 is 1.00 bits per heavy atom. The van der Waals surface area contributed by atoms with E-state index in [4.69, 9.17) is 5.73 Å². The summed E-state index contributed by atoms with van der Waals surface area (Å²) in [6, 6.07) is 7.29. The van der Waals surface area contributed by atoms with Crippen LogP contribution < -0.4 is 5.73 Å². The van der Waals surface area contributed by atoms with Gasteiger partial charge in [0, 0.05) is 5.69 Å². The normalized spacial score (nSPS) is 25.8. The number of allylic oxidation sites excluding steroid dienone is 2. The first-order valence-electron chi connectivity index (χ1n) is 6.51. The number of likely N-dealkylation sites (tertiary alicyclic amines) is 1. The van der Waals surface area contributed by atoms with Gasteiger partial charge in [-0.3, -0.25) is 14.5 Å². The van der Waals surface area contributed by atoms with Crippen LogP contribution in [0.3, 0.4) is 0 Å². The minimum absolute atomic E-state index is 0.0313. The summed E-state index contributed by atoms with van der Waals surface area (Å²) >= 11 is 0. The molecule has 1 saturated heterocycles. The van der Waals surface area contributed by atoms with Crippen molar-refractivity contribution in [1.29, 1.82) is 0 Å². The molecule has 2 amide bonds. The van der Waals surface area contributed by atoms with E-state index in [0.29, 0.717) is 25.1 Å². The van der Waals surface area contributed by atoms with Crippen molar-refractivity contribution in [1.82, 2.24) is 4.90 Å². The molecule has 1 aromatic rings. The van der Waals surface area contributed by atoms with Crippen molar-refractivity contribution in [2.24, 2.45) is 11.8 Å². The van der Waals surface area contributed by atoms with Crippen LogP contribution in [-0.2, 0) is 16.1 Å². The van der Waals surface area contributed by atoms with Crippen LogP contribution in [0, 0.1) is 11.8 Å². The first kappa shape index (κ1) is 12.0. The molecular formula is C15H16N2O2. The average molecular weight is 256 g/mol. The van der Waals surface area contributed by atoms with Crippen LogP contribution in [-0.4, -0.2) is 16.7 Å². The molecule has 0 bridgehead atoms. The van der Waals surface area contributed by atoms with Crippen molar-refractivity contribution in [2.75, 3.05) is 5.73 Å². The highest BCUT2D eigenvalue weighted by Crippen LogP contribution is 2.35. The molecule has 0 spiro atoms. The maximum Gasteiger partial charge on any atom is 0.233 e. The molecule has 2 aliphatic rings. The monoisotopic (exact) mass is 256 g/mol. The van der Waals surface area contributed by atoms with E-state index in [1.165, 1.54) is 4.90 Å². The summed E-state index contributed by atoms with van der Waals surface area (Å²) in [5, 5.41) is 0. The largest absolute Gasteiger partial charge is 0.399 e. The summed E-state index contributed by atoms with van der Waals surface area (Å²) in [7, 11) is 0. The summed E-state index contributed by atoms with van der Waals surface area (Å²) in [5.41, 5.74) is 7.24. The zero-order valence-corrected chi connectivity index (χ0v) is 10.6. The molecule has 0 unspecified atom stereocenters. The summed E-state index contributed by atoms with van der Waals surface area (Å²) in [4.78, 5) is 25.9. The van der Waals surface area contributed by atoms with Gasteiger partial charge in [-0.15, -0.1) is 0 Å². The maximum absolute atomic E-state index is 12.3. The Morgan fingerprint density at radius 3 is 2.05 bits per heavy atom. The smallest absolute Gasteiger partial charge is 0.233 e. The number of nitrogen functional groups attached to an aromatic ring is 1. The second-order valence-electron chi connectivity index (χ2n) is 5.16. The van der Waals surface area contributed by atoms with E-state index in [1.54, 1.807) is 12.1 Å². The Labute approximate surface area is 111 Å². The number of anilines is 1. The minimum Gasteiger partial charge on any atom is -0.399 e. The van der Waals surface area contributed by atoms with E-state index >= 15 is 0 Å². The number of amides is 2. The number of hydrogen-bond donors (Lipinski definition) is 1. The fourth-order valence-electron chi connectivity index (χ4n) is 2.83. The number of fused-ring (bicyclic) bond motifs is 1. The van der Waals surface area contributed by atoms with Gasteiger partial charge < -0.3 is 5.73 Å². The molecule has 2 N–H and O–H groups in total. The van der Waals surface area contributed by atoms with Gasteiger partial charge in [0.15, 0.2) is 0 Å². The Kier molecular flexibility index (Phi) is 2.85. The minimum atomic E-state index is -0.147. The molecule has 0 aromatic heterocycles. The molecule has 19 heavy (non-hydrogen) atoms. The van der Waals surface area contributed by atoms with Gasteiger partial charge >= 0.3 is 0 Å². The van der Waals surface area contributed by atoms with Crippen LogP contribution in [0.1, 0.15) is 18.4 Å². The topological polar surface area (TPSA) is 63.4 Å². The zero-order chi connectivity index (χ0) is 13.4. The highest BCUT2D eigenvalue weighted by atomic mass is 16.2. The Hall–Kier alpha value is -2.10. The first-order chi connectivity index (χ1) is 9.16. The van der Waals surface area contributed by atoms with Crippen molar-refractivity contribution in [3.8, 4) is 0 Å². The van der Waals surface area contributed by atoms with Crippen LogP contribution >= 0.6 is 0 Å². The maximum atomic E-state index is 12.3. The number of benzene rings is 1. The van der Waals surface area contributed by atoms with Gasteiger partial charge in [0.2, 0.25) is 11.8 Å². The first-order valence-corrected chi connectivity index (χ1v) is 6.51. The molecule has 0 radical (unpaired) electrons. The van der Waals surface area contributed by atoms with E-state index in [0.717, 1.165) is 5.56 Å². The Balaban J connectivity index is 1.80. The van der Waals surface area contributed by atoms with Crippen LogP contribution in [0.25, 0.3) is 0 Å². The van der Waals surface area contributed by atoms with Crippen molar-refractivity contribution < 1.29 is 9.59 Å². The highest BCUT2D eigenvalue weighted by molar-refractivity contribution is 6.05. The molecule has 3 rings (SSSR count). The predicted molar refractivity (Wildman–Crippen MR) is 71.8 cm³/mol. The lowest BCUT2D eigenvalue weighted by Crippen LogP contribution is -2.30. The molecule has 4 heteroatoms. The summed E-state index contributed by atoms with van der Waals surface area (Å²) < 4.78 is 0. The predicted octanol–water partition coefficient (Wildman–Crippen LogP) is 1.72. The molecule has 1 aliphatic carbocycles. The van der Waals surface area contributed by atoms with Gasteiger partial charge in [0.05, 0.1) is 18.4 Å². The van der Waals surface area contributed by atoms with Gasteiger partial charge in [-0.2, -0.15) is 0 Å². The number of nitrogens with two attached hydrogens (primary N) is 1. The molecule has 4 nitrogen and oxygen atoms in total. The second kappa shape index (κ2) is 4.53. The molecular weight excluding hydrogens is 240 g/mol. The summed E-state index contributed by atoms with van der Waals surface area (Å²) in [5.74, 6) is -0.357. The standard InChI is InChI=1S/C15H16N2O2/c16-11-7-5-10(6-8-11)9-17-14(18)12-3-1-2-4-13(12)15(17)19/h1-2,5-8,12-13H,3-4,9,16H2/t12-,13+. The zero-order valence-electron chi connectivity index (χ0n) is 10.6. The van der Waals surface area contributed by atoms with E-state index in [1.807, 2.05) is 24.3 Å². The van der Waals surface area contributed by atoms with Crippen molar-refractivity contribution in [3.05, 3.63) is 42.0 Å². The number of rotatable bonds is 2. The molecule has 1 fully saturated rings. The average Bonchev–Trinajstić information content (AvgIpc) is 2.67. The van der Waals surface area contributed by atoms with Gasteiger partial charge in [-0.25, -0.2) is 0 Å². The Morgan fingerprint density at radius 2 is 1.53 bits per heavy atom. The third kappa shape index (κ3) is 2.03. The Bertz CT molecular complexity index is 522. The lowest BCUT2D eigenvalue weighted by Gasteiger charge is -2.14. The number of hydrogen-bond acceptors (Lipinski definition) is 3. The number of carbonyl (C=O) groups is 2. The van der Waals surface area contributed by atoms with Crippen molar-refractivity contribution in [3.63, 3.8) is 0 Å². The lowest BCUT2D eigenvalue weighted by atomic mass is 9.85. The third-order valence-electron chi connectivity index (χ3n) is 3.92. The number of nitrogens with zero attached hydrogens (tertiary/aromatic N) is 1. The fraction of sp³-hybridized carbons (Fsp3) is 0.333. The van der Waals surface area contributed by atoms with E-state index in [9.17, 15) is 9.59 Å². The van der Waals surface area contributed by atoms with Gasteiger partial charge in [0.25, 0.3) is 0 Å². The van der Waals surface area contributed by atoms with Crippen LogP contribution in [0.4, 0.5) is 5.69 Å². The van der Waals surface area contributed by atoms with Crippen LogP contribution in [0.15, 0.2) is 36.4 Å². The summed E-state index contributed by atoms with van der Waals surface area (Å²) in [6.07, 6.45) is 5.37. The third-order valence-corrected chi connectivity index (χ3v) is 3.92. The molecule has 1 aromatic carbocycles. The van der Waals surface area contributed by atoms with Crippen LogP contribution in [0.5, 0.6) is 0 Å². The lowest BCUT2D eigenvalue weighted by molar-refractivity contribution is -0.140. The van der Waals surface area contributed by atoms with E-state index in [-0.39, 0.29) is 23.7 Å². The van der Waals surface area contributed by atoms with Gasteiger partial charge in [-0.1, -0.05) is 24.3 Å². The quantitative estimate of drug-likeness (QED) is 0.498. The SMILES string of the molecule is Nc1ccc(CN2C(=O)[C@H]3CC=CC[C@H]3C2=O)cc1. The number of carbonyl (C=O) groups excluding carboxylic acids is 2. The molecule has 0 saturated carbocycles. The van der Waals surface area contributed by atoms with E-state index < -0.39 is 0 Å². The molecule has 2 atom stereocenters.